The van der Waals surface area contributed by atoms with E-state index >= 15 is 0 Å². The topological polar surface area (TPSA) is 40.6 Å². The van der Waals surface area contributed by atoms with Gasteiger partial charge in [-0.2, -0.15) is 0 Å². The molecule has 2 atom stereocenters. The molecule has 0 N–H and O–H groups in total. The van der Waals surface area contributed by atoms with Gasteiger partial charge in [0.25, 0.3) is 0 Å². The number of benzene rings is 2. The van der Waals surface area contributed by atoms with Gasteiger partial charge in [0, 0.05) is 44.9 Å². The summed E-state index contributed by atoms with van der Waals surface area (Å²) in [6, 6.07) is 19.0. The number of hydrogen-bond acceptors (Lipinski definition) is 2. The van der Waals surface area contributed by atoms with E-state index in [0.29, 0.717) is 25.3 Å². The van der Waals surface area contributed by atoms with E-state index in [4.69, 9.17) is 0 Å². The van der Waals surface area contributed by atoms with Crippen molar-refractivity contribution in [3.63, 3.8) is 0 Å². The van der Waals surface area contributed by atoms with Crippen LogP contribution in [-0.2, 0) is 17.6 Å². The number of urea groups is 1. The van der Waals surface area contributed by atoms with Crippen LogP contribution in [0.3, 0.4) is 0 Å². The maximum atomic E-state index is 13.2. The molecule has 0 saturated carbocycles. The molecule has 0 spiro atoms. The SMILES string of the molecule is CCc1ccc(C2CC(CC(=O)Cc3ccccc3)CN(C(=O)N3CCCC3)C2)cc1. The molecule has 0 aromatic heterocycles. The van der Waals surface area contributed by atoms with Crippen LogP contribution in [-0.4, -0.2) is 47.8 Å². The van der Waals surface area contributed by atoms with Gasteiger partial charge < -0.3 is 9.80 Å². The Labute approximate surface area is 186 Å². The standard InChI is InChI=1S/C27H34N2O2/c1-2-21-10-12-24(13-11-21)25-16-23(18-26(30)17-22-8-4-3-5-9-22)19-29(20-25)27(31)28-14-6-7-15-28/h3-5,8-13,23,25H,2,6-7,14-20H2,1H3. The largest absolute Gasteiger partial charge is 0.325 e. The number of ketones is 1. The number of likely N-dealkylation sites (tertiary alicyclic amines) is 2. The first-order chi connectivity index (χ1) is 15.1. The number of carbonyl (C=O) groups excluding carboxylic acids is 2. The van der Waals surface area contributed by atoms with Crippen molar-refractivity contribution in [2.45, 2.75) is 51.4 Å². The Bertz CT molecular complexity index is 872. The molecule has 31 heavy (non-hydrogen) atoms. The van der Waals surface area contributed by atoms with E-state index in [0.717, 1.165) is 50.9 Å². The number of amides is 2. The predicted molar refractivity (Wildman–Crippen MR) is 124 cm³/mol. The summed E-state index contributed by atoms with van der Waals surface area (Å²) in [6.07, 6.45) is 5.22. The molecule has 2 amide bonds. The second kappa shape index (κ2) is 10.1. The lowest BCUT2D eigenvalue weighted by molar-refractivity contribution is -0.119. The molecule has 0 aliphatic carbocycles. The summed E-state index contributed by atoms with van der Waals surface area (Å²) in [7, 11) is 0. The molecule has 2 aromatic carbocycles. The average Bonchev–Trinajstić information content (AvgIpc) is 3.34. The molecule has 0 bridgehead atoms. The molecule has 2 saturated heterocycles. The van der Waals surface area contributed by atoms with E-state index in [1.54, 1.807) is 0 Å². The van der Waals surface area contributed by atoms with Gasteiger partial charge in [-0.25, -0.2) is 4.79 Å². The van der Waals surface area contributed by atoms with Gasteiger partial charge in [0.2, 0.25) is 0 Å². The fourth-order valence-corrected chi connectivity index (χ4v) is 5.10. The average molecular weight is 419 g/mol. The number of piperidine rings is 1. The molecule has 2 aliphatic heterocycles. The molecule has 2 heterocycles. The number of nitrogens with zero attached hydrogens (tertiary/aromatic N) is 2. The van der Waals surface area contributed by atoms with Crippen LogP contribution in [0.15, 0.2) is 54.6 Å². The summed E-state index contributed by atoms with van der Waals surface area (Å²) < 4.78 is 0. The molecular weight excluding hydrogens is 384 g/mol. The Hall–Kier alpha value is -2.62. The molecule has 4 rings (SSSR count). The zero-order valence-corrected chi connectivity index (χ0v) is 18.6. The van der Waals surface area contributed by atoms with Crippen LogP contribution in [0.2, 0.25) is 0 Å². The van der Waals surface area contributed by atoms with Gasteiger partial charge in [-0.15, -0.1) is 0 Å². The summed E-state index contributed by atoms with van der Waals surface area (Å²) >= 11 is 0. The molecule has 4 nitrogen and oxygen atoms in total. The normalized spacial score (nSPS) is 21.3. The van der Waals surface area contributed by atoms with Gasteiger partial charge in [-0.1, -0.05) is 61.5 Å². The highest BCUT2D eigenvalue weighted by atomic mass is 16.2. The first-order valence-electron chi connectivity index (χ1n) is 11.8. The predicted octanol–water partition coefficient (Wildman–Crippen LogP) is 5.07. The number of Topliss-reactive ketones (excluding diaryl/α,β-unsaturated/α-hetero) is 1. The maximum Gasteiger partial charge on any atom is 0.320 e. The molecule has 2 aliphatic rings. The zero-order chi connectivity index (χ0) is 21.6. The summed E-state index contributed by atoms with van der Waals surface area (Å²) in [5.74, 6) is 0.778. The maximum absolute atomic E-state index is 13.2. The first kappa shape index (κ1) is 21.6. The van der Waals surface area contributed by atoms with E-state index in [9.17, 15) is 9.59 Å². The highest BCUT2D eigenvalue weighted by molar-refractivity contribution is 5.81. The number of rotatable bonds is 6. The van der Waals surface area contributed by atoms with Crippen molar-refractivity contribution in [3.05, 3.63) is 71.3 Å². The van der Waals surface area contributed by atoms with Crippen LogP contribution in [0.4, 0.5) is 4.79 Å². The second-order valence-electron chi connectivity index (χ2n) is 9.18. The fraction of sp³-hybridized carbons (Fsp3) is 0.481. The minimum atomic E-state index is 0.160. The lowest BCUT2D eigenvalue weighted by Crippen LogP contribution is -2.49. The summed E-state index contributed by atoms with van der Waals surface area (Å²) in [5.41, 5.74) is 3.69. The zero-order valence-electron chi connectivity index (χ0n) is 18.6. The number of carbonyl (C=O) groups is 2. The summed E-state index contributed by atoms with van der Waals surface area (Å²) in [6.45, 7) is 5.34. The Morgan fingerprint density at radius 2 is 1.58 bits per heavy atom. The van der Waals surface area contributed by atoms with Crippen LogP contribution < -0.4 is 0 Å². The van der Waals surface area contributed by atoms with Gasteiger partial charge in [-0.05, 0) is 48.3 Å². The van der Waals surface area contributed by atoms with Crippen LogP contribution >= 0.6 is 0 Å². The fourth-order valence-electron chi connectivity index (χ4n) is 5.10. The van der Waals surface area contributed by atoms with Crippen molar-refractivity contribution >= 4 is 11.8 Å². The van der Waals surface area contributed by atoms with Crippen molar-refractivity contribution in [2.75, 3.05) is 26.2 Å². The highest BCUT2D eigenvalue weighted by Gasteiger charge is 2.34. The Morgan fingerprint density at radius 1 is 0.871 bits per heavy atom. The lowest BCUT2D eigenvalue weighted by Gasteiger charge is -2.39. The second-order valence-corrected chi connectivity index (χ2v) is 9.18. The van der Waals surface area contributed by atoms with E-state index < -0.39 is 0 Å². The summed E-state index contributed by atoms with van der Waals surface area (Å²) in [5, 5.41) is 0. The molecule has 2 aromatic rings. The molecule has 164 valence electrons. The van der Waals surface area contributed by atoms with Crippen LogP contribution in [0.1, 0.15) is 55.2 Å². The van der Waals surface area contributed by atoms with E-state index in [1.165, 1.54) is 11.1 Å². The smallest absolute Gasteiger partial charge is 0.320 e. The quantitative estimate of drug-likeness (QED) is 0.657. The molecular formula is C27H34N2O2. The van der Waals surface area contributed by atoms with Gasteiger partial charge in [-0.3, -0.25) is 4.79 Å². The van der Waals surface area contributed by atoms with Gasteiger partial charge >= 0.3 is 6.03 Å². The van der Waals surface area contributed by atoms with Gasteiger partial charge in [0.1, 0.15) is 5.78 Å². The molecule has 2 unspecified atom stereocenters. The minimum absolute atomic E-state index is 0.160. The van der Waals surface area contributed by atoms with Crippen molar-refractivity contribution < 1.29 is 9.59 Å². The van der Waals surface area contributed by atoms with Crippen molar-refractivity contribution in [3.8, 4) is 0 Å². The molecule has 0 radical (unpaired) electrons. The van der Waals surface area contributed by atoms with Crippen LogP contribution in [0.25, 0.3) is 0 Å². The van der Waals surface area contributed by atoms with Gasteiger partial charge in [0.15, 0.2) is 0 Å². The first-order valence-corrected chi connectivity index (χ1v) is 11.8. The number of hydrogen-bond donors (Lipinski definition) is 0. The highest BCUT2D eigenvalue weighted by Crippen LogP contribution is 2.33. The monoisotopic (exact) mass is 418 g/mol. The van der Waals surface area contributed by atoms with Crippen molar-refractivity contribution in [1.29, 1.82) is 0 Å². The van der Waals surface area contributed by atoms with Crippen molar-refractivity contribution in [1.82, 2.24) is 9.80 Å². The van der Waals surface area contributed by atoms with E-state index in [-0.39, 0.29) is 17.7 Å². The lowest BCUT2D eigenvalue weighted by atomic mass is 9.81. The van der Waals surface area contributed by atoms with E-state index in [1.807, 2.05) is 40.1 Å². The Morgan fingerprint density at radius 3 is 2.26 bits per heavy atom. The van der Waals surface area contributed by atoms with E-state index in [2.05, 4.69) is 31.2 Å². The minimum Gasteiger partial charge on any atom is -0.325 e. The van der Waals surface area contributed by atoms with Crippen LogP contribution in [0.5, 0.6) is 0 Å². The third kappa shape index (κ3) is 5.55. The third-order valence-electron chi connectivity index (χ3n) is 6.80. The van der Waals surface area contributed by atoms with Crippen LogP contribution in [0, 0.1) is 5.92 Å². The van der Waals surface area contributed by atoms with Crippen molar-refractivity contribution in [2.24, 2.45) is 5.92 Å². The number of aryl methyl sites for hydroxylation is 1. The third-order valence-corrected chi connectivity index (χ3v) is 6.80. The Balaban J connectivity index is 1.47. The Kier molecular flexibility index (Phi) is 7.06. The summed E-state index contributed by atoms with van der Waals surface area (Å²) in [4.78, 5) is 30.0. The molecule has 2 fully saturated rings. The van der Waals surface area contributed by atoms with Gasteiger partial charge in [0.05, 0.1) is 0 Å². The molecule has 4 heteroatoms.